The summed E-state index contributed by atoms with van der Waals surface area (Å²) in [6, 6.07) is 188. The van der Waals surface area contributed by atoms with E-state index in [2.05, 4.69) is 524 Å². The Bertz CT molecular complexity index is 8450. The third-order valence-electron chi connectivity index (χ3n) is 27.5. The van der Waals surface area contributed by atoms with Gasteiger partial charge in [0.25, 0.3) is 0 Å². The predicted molar refractivity (Wildman–Crippen MR) is 568 cm³/mol. The van der Waals surface area contributed by atoms with Crippen LogP contribution in [0.1, 0.15) is 44.5 Å². The maximum atomic E-state index is 6.54. The summed E-state index contributed by atoms with van der Waals surface area (Å²) in [5.41, 5.74) is 37.5. The van der Waals surface area contributed by atoms with Gasteiger partial charge in [-0.05, 0) is 188 Å². The molecule has 2 aromatic heterocycles. The van der Waals surface area contributed by atoms with Crippen molar-refractivity contribution in [2.45, 2.75) is 10.8 Å². The van der Waals surface area contributed by atoms with Gasteiger partial charge in [0, 0.05) is 70.7 Å². The van der Waals surface area contributed by atoms with Gasteiger partial charge in [-0.2, -0.15) is 0 Å². The molecule has 0 radical (unpaired) electrons. The number of fused-ring (bicyclic) bond motifs is 14. The molecular weight excluding hydrogens is 1700 g/mol. The van der Waals surface area contributed by atoms with Crippen LogP contribution in [-0.4, -0.2) is 0 Å². The van der Waals surface area contributed by atoms with Gasteiger partial charge in [0.1, 0.15) is 22.3 Å². The summed E-state index contributed by atoms with van der Waals surface area (Å²) in [5.74, 6) is 0. The van der Waals surface area contributed by atoms with Crippen molar-refractivity contribution >= 4 is 110 Å². The van der Waals surface area contributed by atoms with Gasteiger partial charge in [0.2, 0.25) is 0 Å². The van der Waals surface area contributed by atoms with Crippen molar-refractivity contribution < 1.29 is 8.83 Å². The van der Waals surface area contributed by atoms with Gasteiger partial charge < -0.3 is 19.1 Å². The minimum atomic E-state index is -0.539. The van der Waals surface area contributed by atoms with Crippen LogP contribution in [0, 0.1) is 0 Å². The van der Waals surface area contributed by atoms with Crippen LogP contribution in [0.2, 0.25) is 0 Å². The zero-order valence-corrected chi connectivity index (χ0v) is 75.4. The Labute approximate surface area is 793 Å². The van der Waals surface area contributed by atoms with Gasteiger partial charge >= 0.3 is 0 Å². The molecule has 135 heavy (non-hydrogen) atoms. The summed E-state index contributed by atoms with van der Waals surface area (Å²) in [4.78, 5) is 2.50. The molecule has 2 heterocycles. The highest BCUT2D eigenvalue weighted by atomic mass is 79.9. The first-order valence-corrected chi connectivity index (χ1v) is 47.0. The van der Waals surface area contributed by atoms with Gasteiger partial charge in [-0.3, -0.25) is 0 Å². The highest BCUT2D eigenvalue weighted by molar-refractivity contribution is 9.10. The van der Waals surface area contributed by atoms with Crippen molar-refractivity contribution in [3.05, 3.63) is 571 Å². The molecule has 24 aromatic rings. The van der Waals surface area contributed by atoms with Crippen molar-refractivity contribution in [1.29, 1.82) is 0 Å². The lowest BCUT2D eigenvalue weighted by Gasteiger charge is -2.34. The molecule has 0 atom stereocenters. The molecule has 4 nitrogen and oxygen atoms in total. The largest absolute Gasteiger partial charge is 0.455 e. The van der Waals surface area contributed by atoms with Gasteiger partial charge in [0.15, 0.2) is 0 Å². The Balaban J connectivity index is 0.000000125. The zero-order chi connectivity index (χ0) is 89.8. The number of hydrogen-bond donors (Lipinski definition) is 1. The van der Waals surface area contributed by atoms with E-state index >= 15 is 0 Å². The van der Waals surface area contributed by atoms with Crippen molar-refractivity contribution in [3.8, 4) is 89.0 Å². The fourth-order valence-electron chi connectivity index (χ4n) is 21.5. The summed E-state index contributed by atoms with van der Waals surface area (Å²) >= 11 is 3.65. The number of benzene rings is 22. The molecule has 5 heteroatoms. The second-order valence-electron chi connectivity index (χ2n) is 34.8. The number of nitrogens with zero attached hydrogens (tertiary/aromatic N) is 1. The molecule has 0 bridgehead atoms. The normalized spacial score (nSPS) is 12.5. The van der Waals surface area contributed by atoms with Crippen molar-refractivity contribution in [2.24, 2.45) is 0 Å². The van der Waals surface area contributed by atoms with E-state index < -0.39 is 10.8 Å². The molecule has 636 valence electrons. The maximum Gasteiger partial charge on any atom is 0.143 e. The number of anilines is 5. The Morgan fingerprint density at radius 3 is 1.01 bits per heavy atom. The Kier molecular flexibility index (Phi) is 20.9. The smallest absolute Gasteiger partial charge is 0.143 e. The van der Waals surface area contributed by atoms with Crippen LogP contribution in [0.5, 0.6) is 0 Å². The van der Waals surface area contributed by atoms with E-state index in [1.165, 1.54) is 133 Å². The van der Waals surface area contributed by atoms with E-state index in [-0.39, 0.29) is 0 Å². The van der Waals surface area contributed by atoms with Crippen LogP contribution < -0.4 is 10.2 Å². The quantitative estimate of drug-likeness (QED) is 0.111. The van der Waals surface area contributed by atoms with E-state index in [0.717, 1.165) is 99.0 Å². The number of para-hydroxylation sites is 4. The molecule has 0 spiro atoms. The van der Waals surface area contributed by atoms with E-state index in [0.29, 0.717) is 0 Å². The lowest BCUT2D eigenvalue weighted by molar-refractivity contribution is 0.669. The fraction of sp³-hybridized carbons (Fsp3) is 0.0154. The van der Waals surface area contributed by atoms with E-state index in [1.807, 2.05) is 24.3 Å². The zero-order valence-electron chi connectivity index (χ0n) is 73.8. The SMILES string of the molecule is Brc1ccc(-c2ccc(-c3ccccc3)cc2)c2ccccc12.c1ccc(-c2ccc(-c3ccc(N(c4ccc(-c5cccc6c5oc5ccccc56)cc4)c4cccc5c4-c4ccccc4C5(c4ccccc4)c4ccccc4)c4ccccc34)cc2)cc1.c1ccc(C2(c3ccccc3)c3ccccc3-c3c(Nc4ccc(-c5cccc6c5oc5ccccc56)cc4)cccc32)cc1. The fourth-order valence-corrected chi connectivity index (χ4v) is 22.0. The highest BCUT2D eigenvalue weighted by Crippen LogP contribution is 2.62. The lowest BCUT2D eigenvalue weighted by atomic mass is 9.68. The molecule has 0 aliphatic heterocycles. The van der Waals surface area contributed by atoms with Crippen LogP contribution in [0.4, 0.5) is 28.4 Å². The maximum absolute atomic E-state index is 6.54. The minimum Gasteiger partial charge on any atom is -0.455 e. The van der Waals surface area contributed by atoms with E-state index in [4.69, 9.17) is 8.83 Å². The molecule has 0 saturated carbocycles. The second kappa shape index (κ2) is 34.7. The molecular formula is C130H87BrN2O2. The second-order valence-corrected chi connectivity index (χ2v) is 35.7. The van der Waals surface area contributed by atoms with Crippen LogP contribution in [0.25, 0.3) is 154 Å². The number of halogens is 1. The third kappa shape index (κ3) is 14.1. The Morgan fingerprint density at radius 2 is 0.526 bits per heavy atom. The molecule has 0 fully saturated rings. The Morgan fingerprint density at radius 1 is 0.200 bits per heavy atom. The molecule has 2 aliphatic rings. The van der Waals surface area contributed by atoms with Crippen LogP contribution in [0.15, 0.2) is 535 Å². The molecule has 1 N–H and O–H groups in total. The average molecular weight is 1790 g/mol. The summed E-state index contributed by atoms with van der Waals surface area (Å²) in [6.07, 6.45) is 0. The van der Waals surface area contributed by atoms with E-state index in [9.17, 15) is 0 Å². The summed E-state index contributed by atoms with van der Waals surface area (Å²) in [5, 5.41) is 13.2. The molecule has 2 aliphatic carbocycles. The summed E-state index contributed by atoms with van der Waals surface area (Å²) < 4.78 is 14.0. The first-order chi connectivity index (χ1) is 66.9. The predicted octanol–water partition coefficient (Wildman–Crippen LogP) is 35.9. The molecule has 26 rings (SSSR count). The highest BCUT2D eigenvalue weighted by Gasteiger charge is 2.49. The van der Waals surface area contributed by atoms with Gasteiger partial charge in [0.05, 0.1) is 22.2 Å². The van der Waals surface area contributed by atoms with Crippen LogP contribution in [-0.2, 0) is 10.8 Å². The van der Waals surface area contributed by atoms with Crippen molar-refractivity contribution in [1.82, 2.24) is 0 Å². The van der Waals surface area contributed by atoms with Crippen molar-refractivity contribution in [2.75, 3.05) is 10.2 Å². The molecule has 0 saturated heterocycles. The van der Waals surface area contributed by atoms with E-state index in [1.54, 1.807) is 0 Å². The summed E-state index contributed by atoms with van der Waals surface area (Å²) in [6.45, 7) is 0. The Hall–Kier alpha value is -17.0. The average Bonchev–Trinajstić information content (AvgIpc) is 1.54. The summed E-state index contributed by atoms with van der Waals surface area (Å²) in [7, 11) is 0. The lowest BCUT2D eigenvalue weighted by Crippen LogP contribution is -2.28. The molecule has 0 amide bonds. The standard InChI is InChI=1S/C65H43NO.C43H29NO.C22H15Br/c1-4-18-44(19-5-1)45-34-36-46(37-35-45)51-42-43-60(54-25-11-10-24-53(51)54)66(50-40-38-47(39-41-50)52-28-16-29-56-55-26-13-15-33-62(55)67-64(52)56)61-32-17-31-59-63(61)57-27-12-14-30-58(57)65(59,48-20-6-2-7-21-48)49-22-8-3-9-23-49;1-3-13-30(14-4-1)43(31-15-5-2-6-16-31)37-21-9-7-18-36(37)41-38(43)22-12-23-39(41)44-32-27-25-29(26-28-32)33-19-11-20-35-34-17-8-10-24-40(34)45-42(33)35;23-22-15-14-19(20-8-4-5-9-21(20)22)18-12-10-17(11-13-18)16-6-2-1-3-7-16/h1-43H;1-28,44H;1-15H. The first-order valence-electron chi connectivity index (χ1n) is 46.2. The third-order valence-corrected chi connectivity index (χ3v) is 28.2. The molecule has 22 aromatic carbocycles. The van der Waals surface area contributed by atoms with Crippen molar-refractivity contribution in [3.63, 3.8) is 0 Å². The number of nitrogens with one attached hydrogen (secondary N) is 1. The number of rotatable bonds is 15. The first kappa shape index (κ1) is 81.3. The van der Waals surface area contributed by atoms with Gasteiger partial charge in [-0.15, -0.1) is 0 Å². The number of hydrogen-bond acceptors (Lipinski definition) is 4. The monoisotopic (exact) mass is 1790 g/mol. The van der Waals surface area contributed by atoms with Gasteiger partial charge in [-0.1, -0.05) is 477 Å². The topological polar surface area (TPSA) is 41.6 Å². The van der Waals surface area contributed by atoms with Crippen LogP contribution in [0.3, 0.4) is 0 Å². The minimum absolute atomic E-state index is 0.415. The number of furan rings is 2. The molecule has 0 unspecified atom stereocenters. The van der Waals surface area contributed by atoms with Crippen LogP contribution >= 0.6 is 15.9 Å². The van der Waals surface area contributed by atoms with Gasteiger partial charge in [-0.25, -0.2) is 0 Å².